The van der Waals surface area contributed by atoms with Crippen LogP contribution in [0.1, 0.15) is 17.0 Å². The van der Waals surface area contributed by atoms with E-state index in [1.165, 1.54) is 0 Å². The zero-order valence-corrected chi connectivity index (χ0v) is 10.9. The van der Waals surface area contributed by atoms with Gasteiger partial charge >= 0.3 is 5.97 Å². The summed E-state index contributed by atoms with van der Waals surface area (Å²) in [6.07, 6.45) is 1.59. The first-order chi connectivity index (χ1) is 8.49. The number of aryl methyl sites for hydroxylation is 2. The molecule has 0 aliphatic heterocycles. The fourth-order valence-corrected chi connectivity index (χ4v) is 2.14. The van der Waals surface area contributed by atoms with E-state index in [-0.39, 0.29) is 6.42 Å². The van der Waals surface area contributed by atoms with Crippen LogP contribution in [0.5, 0.6) is 0 Å². The molecule has 2 rings (SSSR count). The monoisotopic (exact) mass is 264 g/mol. The predicted octanol–water partition coefficient (Wildman–Crippen LogP) is 2.77. The molecule has 5 heteroatoms. The minimum absolute atomic E-state index is 0.0477. The molecule has 94 valence electrons. The first-order valence-electron chi connectivity index (χ1n) is 5.50. The summed E-state index contributed by atoms with van der Waals surface area (Å²) < 4.78 is 1.80. The van der Waals surface area contributed by atoms with Gasteiger partial charge in [-0.05, 0) is 37.6 Å². The van der Waals surface area contributed by atoms with Gasteiger partial charge in [-0.25, -0.2) is 4.98 Å². The van der Waals surface area contributed by atoms with E-state index >= 15 is 0 Å². The molecule has 1 aromatic carbocycles. The normalized spacial score (nSPS) is 10.6. The topological polar surface area (TPSA) is 55.1 Å². The Morgan fingerprint density at radius 3 is 2.78 bits per heavy atom. The SMILES string of the molecule is Cc1cc(Cl)ccc1-n1cnc(C)c1CC(=O)O. The number of carboxylic acid groups (broad SMARTS) is 1. The Morgan fingerprint density at radius 1 is 1.44 bits per heavy atom. The molecule has 0 aliphatic carbocycles. The van der Waals surface area contributed by atoms with Gasteiger partial charge in [0.25, 0.3) is 0 Å². The lowest BCUT2D eigenvalue weighted by atomic mass is 10.2. The van der Waals surface area contributed by atoms with Gasteiger partial charge in [0.2, 0.25) is 0 Å². The first-order valence-corrected chi connectivity index (χ1v) is 5.88. The second kappa shape index (κ2) is 4.82. The van der Waals surface area contributed by atoms with Gasteiger partial charge in [0.05, 0.1) is 24.1 Å². The summed E-state index contributed by atoms with van der Waals surface area (Å²) >= 11 is 5.91. The number of aliphatic carboxylic acids is 1. The molecule has 0 bridgehead atoms. The van der Waals surface area contributed by atoms with Gasteiger partial charge in [0.1, 0.15) is 0 Å². The van der Waals surface area contributed by atoms with E-state index in [0.29, 0.717) is 10.7 Å². The fourth-order valence-electron chi connectivity index (χ4n) is 1.92. The van der Waals surface area contributed by atoms with Crippen LogP contribution in [0.15, 0.2) is 24.5 Å². The highest BCUT2D eigenvalue weighted by atomic mass is 35.5. The van der Waals surface area contributed by atoms with E-state index in [1.54, 1.807) is 23.9 Å². The minimum Gasteiger partial charge on any atom is -0.481 e. The van der Waals surface area contributed by atoms with Crippen LogP contribution in [0.3, 0.4) is 0 Å². The van der Waals surface area contributed by atoms with Gasteiger partial charge in [0, 0.05) is 10.7 Å². The smallest absolute Gasteiger partial charge is 0.309 e. The summed E-state index contributed by atoms with van der Waals surface area (Å²) in [4.78, 5) is 15.1. The average molecular weight is 265 g/mol. The summed E-state index contributed by atoms with van der Waals surface area (Å²) in [6, 6.07) is 5.49. The molecular formula is C13H13ClN2O2. The third-order valence-corrected chi connectivity index (χ3v) is 3.05. The van der Waals surface area contributed by atoms with Crippen molar-refractivity contribution >= 4 is 17.6 Å². The summed E-state index contributed by atoms with van der Waals surface area (Å²) in [5.74, 6) is -0.869. The molecule has 4 nitrogen and oxygen atoms in total. The molecule has 2 aromatic rings. The van der Waals surface area contributed by atoms with Crippen LogP contribution < -0.4 is 0 Å². The number of nitrogens with zero attached hydrogens (tertiary/aromatic N) is 2. The van der Waals surface area contributed by atoms with Crippen LogP contribution in [0.2, 0.25) is 5.02 Å². The highest BCUT2D eigenvalue weighted by Gasteiger charge is 2.13. The molecule has 0 amide bonds. The lowest BCUT2D eigenvalue weighted by molar-refractivity contribution is -0.136. The maximum atomic E-state index is 10.9. The highest BCUT2D eigenvalue weighted by Crippen LogP contribution is 2.22. The zero-order valence-electron chi connectivity index (χ0n) is 10.1. The van der Waals surface area contributed by atoms with Crippen LogP contribution >= 0.6 is 11.6 Å². The molecule has 0 saturated heterocycles. The van der Waals surface area contributed by atoms with Gasteiger partial charge < -0.3 is 9.67 Å². The fraction of sp³-hybridized carbons (Fsp3) is 0.231. The maximum absolute atomic E-state index is 10.9. The van der Waals surface area contributed by atoms with Crippen LogP contribution in [0.4, 0.5) is 0 Å². The molecule has 0 fully saturated rings. The molecule has 0 radical (unpaired) electrons. The van der Waals surface area contributed by atoms with Crippen molar-refractivity contribution in [2.75, 3.05) is 0 Å². The number of aromatic nitrogens is 2. The van der Waals surface area contributed by atoms with Gasteiger partial charge in [-0.3, -0.25) is 4.79 Å². The van der Waals surface area contributed by atoms with Crippen LogP contribution in [-0.4, -0.2) is 20.6 Å². The maximum Gasteiger partial charge on any atom is 0.309 e. The van der Waals surface area contributed by atoms with Gasteiger partial charge in [0.15, 0.2) is 0 Å². The number of rotatable bonds is 3. The Balaban J connectivity index is 2.53. The molecule has 0 spiro atoms. The third kappa shape index (κ3) is 2.38. The number of benzene rings is 1. The lowest BCUT2D eigenvalue weighted by Gasteiger charge is -2.10. The lowest BCUT2D eigenvalue weighted by Crippen LogP contribution is -2.08. The standard InChI is InChI=1S/C13H13ClN2O2/c1-8-5-10(14)3-4-11(8)16-7-15-9(2)12(16)6-13(17)18/h3-5,7H,6H2,1-2H3,(H,17,18). The highest BCUT2D eigenvalue weighted by molar-refractivity contribution is 6.30. The molecule has 18 heavy (non-hydrogen) atoms. The zero-order chi connectivity index (χ0) is 13.3. The van der Waals surface area contributed by atoms with Crippen molar-refractivity contribution in [2.45, 2.75) is 20.3 Å². The summed E-state index contributed by atoms with van der Waals surface area (Å²) in [7, 11) is 0. The quantitative estimate of drug-likeness (QED) is 0.927. The molecule has 0 saturated carbocycles. The second-order valence-corrected chi connectivity index (χ2v) is 4.58. The van der Waals surface area contributed by atoms with Crippen molar-refractivity contribution < 1.29 is 9.90 Å². The van der Waals surface area contributed by atoms with Crippen LogP contribution in [0.25, 0.3) is 5.69 Å². The molecule has 1 heterocycles. The van der Waals surface area contributed by atoms with E-state index in [4.69, 9.17) is 16.7 Å². The van der Waals surface area contributed by atoms with E-state index in [1.807, 2.05) is 19.1 Å². The molecule has 0 atom stereocenters. The van der Waals surface area contributed by atoms with Crippen molar-refractivity contribution in [1.82, 2.24) is 9.55 Å². The van der Waals surface area contributed by atoms with E-state index in [9.17, 15) is 4.79 Å². The van der Waals surface area contributed by atoms with Crippen molar-refractivity contribution in [2.24, 2.45) is 0 Å². The van der Waals surface area contributed by atoms with Crippen molar-refractivity contribution in [3.63, 3.8) is 0 Å². The van der Waals surface area contributed by atoms with Crippen molar-refractivity contribution in [1.29, 1.82) is 0 Å². The minimum atomic E-state index is -0.869. The number of imidazole rings is 1. The Morgan fingerprint density at radius 2 is 2.17 bits per heavy atom. The number of halogens is 1. The molecular weight excluding hydrogens is 252 g/mol. The van der Waals surface area contributed by atoms with Crippen LogP contribution in [-0.2, 0) is 11.2 Å². The Kier molecular flexibility index (Phi) is 3.39. The van der Waals surface area contributed by atoms with Gasteiger partial charge in [-0.15, -0.1) is 0 Å². The van der Waals surface area contributed by atoms with Crippen LogP contribution in [0, 0.1) is 13.8 Å². The van der Waals surface area contributed by atoms with E-state index < -0.39 is 5.97 Å². The number of hydrogen-bond acceptors (Lipinski definition) is 2. The van der Waals surface area contributed by atoms with Crippen molar-refractivity contribution in [3.05, 3.63) is 46.5 Å². The third-order valence-electron chi connectivity index (χ3n) is 2.81. The first kappa shape index (κ1) is 12.6. The largest absolute Gasteiger partial charge is 0.481 e. The summed E-state index contributed by atoms with van der Waals surface area (Å²) in [6.45, 7) is 3.74. The van der Waals surface area contributed by atoms with E-state index in [2.05, 4.69) is 4.98 Å². The predicted molar refractivity (Wildman–Crippen MR) is 69.4 cm³/mol. The van der Waals surface area contributed by atoms with Crippen molar-refractivity contribution in [3.8, 4) is 5.69 Å². The van der Waals surface area contributed by atoms with Gasteiger partial charge in [-0.1, -0.05) is 11.6 Å². The number of carboxylic acids is 1. The Hall–Kier alpha value is -1.81. The number of hydrogen-bond donors (Lipinski definition) is 1. The molecule has 0 unspecified atom stereocenters. The molecule has 1 N–H and O–H groups in total. The average Bonchev–Trinajstić information content (AvgIpc) is 2.60. The summed E-state index contributed by atoms with van der Waals surface area (Å²) in [5, 5.41) is 9.59. The van der Waals surface area contributed by atoms with Gasteiger partial charge in [-0.2, -0.15) is 0 Å². The number of carbonyl (C=O) groups is 1. The van der Waals surface area contributed by atoms with E-state index in [0.717, 1.165) is 16.9 Å². The Bertz CT molecular complexity index is 605. The second-order valence-electron chi connectivity index (χ2n) is 4.15. The Labute approximate surface area is 110 Å². The molecule has 1 aromatic heterocycles. The molecule has 0 aliphatic rings. The summed E-state index contributed by atoms with van der Waals surface area (Å²) in [5.41, 5.74) is 3.29.